The third-order valence-electron chi connectivity index (χ3n) is 8.66. The molecule has 7 N–H and O–H groups in total. The van der Waals surface area contributed by atoms with E-state index < -0.39 is 69.9 Å². The monoisotopic (exact) mass is 810 g/mol. The number of aromatic amines is 2. The Balaban J connectivity index is 1.16. The van der Waals surface area contributed by atoms with Crippen LogP contribution in [0.1, 0.15) is 22.0 Å². The Kier molecular flexibility index (Phi) is 12.2. The number of rotatable bonds is 16. The fraction of sp³-hybridized carbons (Fsp3) is 0.265. The van der Waals surface area contributed by atoms with Gasteiger partial charge in [0.05, 0.1) is 24.3 Å². The third-order valence-corrected chi connectivity index (χ3v) is 12.9. The summed E-state index contributed by atoms with van der Waals surface area (Å²) in [5.74, 6) is -3.03. The molecule has 18 nitrogen and oxygen atoms in total. The Bertz CT molecular complexity index is 2260. The van der Waals surface area contributed by atoms with Gasteiger partial charge in [-0.25, -0.2) is 13.2 Å². The van der Waals surface area contributed by atoms with Gasteiger partial charge in [0.1, 0.15) is 33.7 Å². The second-order valence-electron chi connectivity index (χ2n) is 12.1. The first kappa shape index (κ1) is 39.4. The van der Waals surface area contributed by atoms with Gasteiger partial charge in [-0.15, -0.1) is 16.9 Å². The van der Waals surface area contributed by atoms with Crippen molar-refractivity contribution in [3.63, 3.8) is 0 Å². The number of H-pyrrole nitrogens is 2. The average molecular weight is 811 g/mol. The molecular formula is C34H34N8O10S3. The quantitative estimate of drug-likeness (QED) is 0.0587. The SMILES string of the molecule is O=C(O)C1=C(CSc2cn[nH]n2)CS[C@@H]2C(NC(=O)[C@H](NC(=O)c3ccc(-c4ccc(S(=O)(=O)N(CCO)CCO)cc4)[nH]c3=O)c3ccccc3)C(=O)N12. The second kappa shape index (κ2) is 17.0. The van der Waals surface area contributed by atoms with E-state index in [4.69, 9.17) is 0 Å². The lowest BCUT2D eigenvalue weighted by Crippen LogP contribution is -2.71. The summed E-state index contributed by atoms with van der Waals surface area (Å²) in [5.41, 5.74) is 0.252. The number of pyridine rings is 1. The number of hydrogen-bond acceptors (Lipinski definition) is 13. The predicted octanol–water partition coefficient (Wildman–Crippen LogP) is 0.137. The summed E-state index contributed by atoms with van der Waals surface area (Å²) in [6, 6.07) is 13.9. The lowest BCUT2D eigenvalue weighted by atomic mass is 10.0. The zero-order valence-corrected chi connectivity index (χ0v) is 31.1. The number of sulfonamides is 1. The van der Waals surface area contributed by atoms with E-state index in [9.17, 15) is 47.7 Å². The molecule has 0 bridgehead atoms. The number of amides is 3. The minimum atomic E-state index is -4.02. The van der Waals surface area contributed by atoms with Crippen LogP contribution in [0.3, 0.4) is 0 Å². The van der Waals surface area contributed by atoms with Crippen LogP contribution in [0.5, 0.6) is 0 Å². The van der Waals surface area contributed by atoms with Crippen molar-refractivity contribution in [3.8, 4) is 11.3 Å². The number of carboxylic acids is 1. The molecule has 6 rings (SSSR count). The number of aliphatic hydroxyl groups excluding tert-OH is 2. The van der Waals surface area contributed by atoms with Crippen LogP contribution < -0.4 is 16.2 Å². The van der Waals surface area contributed by atoms with Gasteiger partial charge in [0, 0.05) is 30.3 Å². The molecule has 2 aliphatic rings. The maximum Gasteiger partial charge on any atom is 0.352 e. The number of carbonyl (C=O) groups is 4. The summed E-state index contributed by atoms with van der Waals surface area (Å²) in [7, 11) is -4.02. The predicted molar refractivity (Wildman–Crippen MR) is 199 cm³/mol. The van der Waals surface area contributed by atoms with Crippen LogP contribution >= 0.6 is 23.5 Å². The molecule has 2 aromatic heterocycles. The van der Waals surface area contributed by atoms with E-state index in [0.29, 0.717) is 21.7 Å². The Morgan fingerprint density at radius 1 is 1.02 bits per heavy atom. The average Bonchev–Trinajstić information content (AvgIpc) is 3.71. The van der Waals surface area contributed by atoms with Crippen LogP contribution in [0.4, 0.5) is 0 Å². The number of nitrogens with zero attached hydrogens (tertiary/aromatic N) is 4. The molecule has 55 heavy (non-hydrogen) atoms. The second-order valence-corrected chi connectivity index (χ2v) is 16.1. The van der Waals surface area contributed by atoms with Gasteiger partial charge in [-0.05, 0) is 41.0 Å². The van der Waals surface area contributed by atoms with Crippen LogP contribution in [0.25, 0.3) is 11.3 Å². The summed E-state index contributed by atoms with van der Waals surface area (Å²) >= 11 is 2.55. The molecule has 4 aromatic rings. The number of aliphatic carboxylic acids is 1. The fourth-order valence-electron chi connectivity index (χ4n) is 5.96. The number of thioether (sulfide) groups is 2. The van der Waals surface area contributed by atoms with Crippen molar-refractivity contribution >= 4 is 57.2 Å². The van der Waals surface area contributed by atoms with Crippen LogP contribution in [0, 0.1) is 0 Å². The van der Waals surface area contributed by atoms with Crippen molar-refractivity contribution < 1.29 is 42.9 Å². The molecular weight excluding hydrogens is 777 g/mol. The van der Waals surface area contributed by atoms with Crippen LogP contribution in [-0.4, -0.2) is 126 Å². The highest BCUT2D eigenvalue weighted by Gasteiger charge is 2.54. The van der Waals surface area contributed by atoms with Crippen LogP contribution in [0.2, 0.25) is 0 Å². The number of carboxylic acid groups (broad SMARTS) is 1. The molecule has 0 aliphatic carbocycles. The van der Waals surface area contributed by atoms with Gasteiger partial charge < -0.3 is 30.9 Å². The van der Waals surface area contributed by atoms with E-state index in [1.54, 1.807) is 30.3 Å². The van der Waals surface area contributed by atoms with Gasteiger partial charge in [-0.1, -0.05) is 54.2 Å². The Hall–Kier alpha value is -5.32. The van der Waals surface area contributed by atoms with Gasteiger partial charge in [0.15, 0.2) is 0 Å². The summed E-state index contributed by atoms with van der Waals surface area (Å²) in [6.07, 6.45) is 1.49. The Labute approximate surface area is 321 Å². The first-order valence-electron chi connectivity index (χ1n) is 16.5. The third kappa shape index (κ3) is 8.35. The maximum absolute atomic E-state index is 13.8. The highest BCUT2D eigenvalue weighted by molar-refractivity contribution is 8.01. The van der Waals surface area contributed by atoms with Crippen molar-refractivity contribution in [2.75, 3.05) is 37.8 Å². The van der Waals surface area contributed by atoms with Gasteiger partial charge >= 0.3 is 5.97 Å². The minimum absolute atomic E-state index is 0.0954. The largest absolute Gasteiger partial charge is 0.477 e. The molecule has 3 amide bonds. The van der Waals surface area contributed by atoms with E-state index in [1.165, 1.54) is 66.1 Å². The minimum Gasteiger partial charge on any atom is -0.477 e. The van der Waals surface area contributed by atoms with Crippen molar-refractivity contribution in [2.24, 2.45) is 0 Å². The van der Waals surface area contributed by atoms with Crippen LogP contribution in [0.15, 0.2) is 98.9 Å². The van der Waals surface area contributed by atoms with E-state index in [1.807, 2.05) is 0 Å². The standard InChI is InChI=1S/C34H34N8O10S3/c43-14-12-41(13-15-44)55(51,52)22-8-6-19(7-9-22)24-11-10-23(29(45)36-24)30(46)37-26(20-4-2-1-3-5-20)31(47)38-27-32(48)42-28(34(49)50)21(18-54-33(27)42)17-53-25-16-35-40-39-25/h1-11,16,26-27,33,43-44H,12-15,17-18H2,(H,36,45)(H,37,46)(H,38,47)(H,49,50)(H,35,39,40)/t26-,27?,33-/m1/s1. The number of aliphatic hydroxyl groups is 2. The molecule has 4 heterocycles. The van der Waals surface area contributed by atoms with Crippen molar-refractivity contribution in [1.82, 2.24) is 40.2 Å². The lowest BCUT2D eigenvalue weighted by molar-refractivity contribution is -0.151. The summed E-state index contributed by atoms with van der Waals surface area (Å²) in [6.45, 7) is -1.28. The van der Waals surface area contributed by atoms with E-state index >= 15 is 0 Å². The van der Waals surface area contributed by atoms with Gasteiger partial charge in [0.25, 0.3) is 17.4 Å². The zero-order valence-electron chi connectivity index (χ0n) is 28.6. The maximum atomic E-state index is 13.8. The van der Waals surface area contributed by atoms with Gasteiger partial charge in [-0.2, -0.15) is 14.6 Å². The smallest absolute Gasteiger partial charge is 0.352 e. The number of aromatic nitrogens is 4. The Morgan fingerprint density at radius 3 is 2.35 bits per heavy atom. The van der Waals surface area contributed by atoms with Crippen molar-refractivity contribution in [2.45, 2.75) is 27.4 Å². The molecule has 0 spiro atoms. The van der Waals surface area contributed by atoms with Gasteiger partial charge in [-0.3, -0.25) is 24.1 Å². The number of fused-ring (bicyclic) bond motifs is 1. The van der Waals surface area contributed by atoms with Crippen LogP contribution in [-0.2, 0) is 24.4 Å². The van der Waals surface area contributed by atoms with Gasteiger partial charge in [0.2, 0.25) is 15.9 Å². The zero-order chi connectivity index (χ0) is 39.3. The summed E-state index contributed by atoms with van der Waals surface area (Å²) in [4.78, 5) is 69.7. The topological polar surface area (TPSA) is 268 Å². The van der Waals surface area contributed by atoms with E-state index in [0.717, 1.165) is 9.21 Å². The highest BCUT2D eigenvalue weighted by atomic mass is 32.2. The van der Waals surface area contributed by atoms with E-state index in [2.05, 4.69) is 31.0 Å². The molecule has 2 aromatic carbocycles. The number of nitrogens with one attached hydrogen (secondary N) is 4. The number of carbonyl (C=O) groups excluding carboxylic acids is 3. The Morgan fingerprint density at radius 2 is 1.73 bits per heavy atom. The van der Waals surface area contributed by atoms with Crippen molar-refractivity contribution in [3.05, 3.63) is 106 Å². The molecule has 21 heteroatoms. The molecule has 0 saturated carbocycles. The molecule has 288 valence electrons. The fourth-order valence-corrected chi connectivity index (χ4v) is 9.65. The number of hydrogen-bond donors (Lipinski definition) is 7. The normalized spacial score (nSPS) is 17.4. The summed E-state index contributed by atoms with van der Waals surface area (Å²) in [5, 5.41) is 43.7. The highest BCUT2D eigenvalue weighted by Crippen LogP contribution is 2.41. The summed E-state index contributed by atoms with van der Waals surface area (Å²) < 4.78 is 26.9. The molecule has 1 fully saturated rings. The molecule has 1 saturated heterocycles. The van der Waals surface area contributed by atoms with Crippen molar-refractivity contribution in [1.29, 1.82) is 0 Å². The molecule has 2 aliphatic heterocycles. The first-order chi connectivity index (χ1) is 26.4. The lowest BCUT2D eigenvalue weighted by Gasteiger charge is -2.49. The molecule has 0 radical (unpaired) electrons. The number of β-lactam (4-membered cyclic amide) rings is 1. The first-order valence-corrected chi connectivity index (χ1v) is 20.0. The molecule has 1 unspecified atom stereocenters. The number of benzene rings is 2. The molecule has 3 atom stereocenters. The van der Waals surface area contributed by atoms with E-state index in [-0.39, 0.29) is 46.4 Å².